The second-order valence-electron chi connectivity index (χ2n) is 4.29. The van der Waals surface area contributed by atoms with Crippen LogP contribution in [0, 0.1) is 10.1 Å². The monoisotopic (exact) mass is 295 g/mol. The first-order valence-electron chi connectivity index (χ1n) is 5.61. The van der Waals surface area contributed by atoms with Crippen LogP contribution in [-0.4, -0.2) is 32.7 Å². The summed E-state index contributed by atoms with van der Waals surface area (Å²) in [5.41, 5.74) is -2.12. The van der Waals surface area contributed by atoms with Crippen molar-refractivity contribution in [3.8, 4) is 0 Å². The van der Waals surface area contributed by atoms with E-state index in [1.165, 1.54) is 6.08 Å². The Morgan fingerprint density at radius 1 is 1.35 bits per heavy atom. The van der Waals surface area contributed by atoms with E-state index in [2.05, 4.69) is 0 Å². The van der Waals surface area contributed by atoms with Crippen molar-refractivity contribution in [2.24, 2.45) is 0 Å². The van der Waals surface area contributed by atoms with Gasteiger partial charge in [-0.25, -0.2) is 4.79 Å². The van der Waals surface area contributed by atoms with Crippen LogP contribution in [0.15, 0.2) is 47.5 Å². The maximum Gasteiger partial charge on any atom is 0.390 e. The summed E-state index contributed by atoms with van der Waals surface area (Å²) in [6, 6.07) is 8.29. The van der Waals surface area contributed by atoms with Gasteiger partial charge in [-0.15, -0.1) is 0 Å². The molecule has 6 nitrogen and oxygen atoms in total. The van der Waals surface area contributed by atoms with E-state index >= 15 is 0 Å². The van der Waals surface area contributed by atoms with E-state index in [1.54, 1.807) is 30.3 Å². The highest BCUT2D eigenvalue weighted by Gasteiger charge is 2.59. The molecular weight excluding hydrogens is 286 g/mol. The number of halogens is 1. The van der Waals surface area contributed by atoms with E-state index in [-0.39, 0.29) is 10.6 Å². The van der Waals surface area contributed by atoms with E-state index < -0.39 is 22.5 Å². The van der Waals surface area contributed by atoms with Gasteiger partial charge in [0.1, 0.15) is 0 Å². The molecule has 0 heterocycles. The molecule has 1 aromatic carbocycles. The highest BCUT2D eigenvalue weighted by molar-refractivity contribution is 6.32. The highest BCUT2D eigenvalue weighted by Crippen LogP contribution is 2.36. The fourth-order valence-corrected chi connectivity index (χ4v) is 2.36. The molecule has 0 aromatic heterocycles. The molecule has 7 heteroatoms. The molecule has 1 aliphatic carbocycles. The first-order valence-corrected chi connectivity index (χ1v) is 5.98. The fourth-order valence-electron chi connectivity index (χ4n) is 2.08. The Hall–Kier alpha value is -2.18. The summed E-state index contributed by atoms with van der Waals surface area (Å²) in [5, 5.41) is 30.5. The summed E-state index contributed by atoms with van der Waals surface area (Å²) in [6.07, 6.45) is 0.236. The Morgan fingerprint density at radius 3 is 2.45 bits per heavy atom. The van der Waals surface area contributed by atoms with E-state index in [9.17, 15) is 25.1 Å². The third kappa shape index (κ3) is 2.09. The molecule has 2 N–H and O–H groups in total. The lowest BCUT2D eigenvalue weighted by Crippen LogP contribution is -2.55. The maximum absolute atomic E-state index is 11.3. The summed E-state index contributed by atoms with van der Waals surface area (Å²) in [4.78, 5) is 21.5. The minimum absolute atomic E-state index is 0.0946. The highest BCUT2D eigenvalue weighted by atomic mass is 35.5. The van der Waals surface area contributed by atoms with E-state index in [4.69, 9.17) is 11.6 Å². The predicted molar refractivity (Wildman–Crippen MR) is 71.7 cm³/mol. The molecule has 0 saturated carbocycles. The fraction of sp³-hybridized carbons (Fsp3) is 0.154. The number of nitrogens with zero attached hydrogens (tertiary/aromatic N) is 1. The Bertz CT molecular complexity index is 609. The molecule has 1 aromatic rings. The second-order valence-corrected chi connectivity index (χ2v) is 4.72. The molecule has 0 saturated heterocycles. The average molecular weight is 296 g/mol. The van der Waals surface area contributed by atoms with Crippen LogP contribution in [0.25, 0.3) is 5.57 Å². The minimum Gasteiger partial charge on any atom is -0.476 e. The van der Waals surface area contributed by atoms with Crippen LogP contribution >= 0.6 is 11.6 Å². The summed E-state index contributed by atoms with van der Waals surface area (Å²) >= 11 is 5.80. The smallest absolute Gasteiger partial charge is 0.390 e. The molecular formula is C13H10ClNO5. The number of carboxylic acids is 1. The minimum atomic E-state index is -2.68. The Labute approximate surface area is 118 Å². The largest absolute Gasteiger partial charge is 0.476 e. The molecule has 1 aliphatic rings. The number of carbonyl (C=O) groups is 1. The van der Waals surface area contributed by atoms with Crippen LogP contribution in [0.3, 0.4) is 0 Å². The lowest BCUT2D eigenvalue weighted by atomic mass is 9.81. The molecule has 0 fully saturated rings. The normalized spacial score (nSPS) is 25.6. The number of hydrogen-bond acceptors (Lipinski definition) is 4. The van der Waals surface area contributed by atoms with Gasteiger partial charge in [0.25, 0.3) is 0 Å². The number of carboxylic acid groups (broad SMARTS) is 1. The molecule has 0 bridgehead atoms. The van der Waals surface area contributed by atoms with Gasteiger partial charge in [0.15, 0.2) is 6.10 Å². The maximum atomic E-state index is 11.3. The zero-order valence-corrected chi connectivity index (χ0v) is 10.8. The van der Waals surface area contributed by atoms with Gasteiger partial charge in [-0.1, -0.05) is 41.9 Å². The first-order chi connectivity index (χ1) is 9.39. The van der Waals surface area contributed by atoms with Crippen LogP contribution in [-0.2, 0) is 4.79 Å². The summed E-state index contributed by atoms with van der Waals surface area (Å²) < 4.78 is 0. The molecule has 0 radical (unpaired) electrons. The van der Waals surface area contributed by atoms with Crippen LogP contribution in [0.1, 0.15) is 5.56 Å². The molecule has 2 rings (SSSR count). The second kappa shape index (κ2) is 5.07. The standard InChI is InChI=1S/C13H10ClNO5/c14-9-6-10(8-4-2-1-3-5-8)11(16)13(7-9,12(17)18)15(19)20/h1-7,11,16H,(H,17,18). The van der Waals surface area contributed by atoms with Crippen molar-refractivity contribution in [2.45, 2.75) is 11.6 Å². The van der Waals surface area contributed by atoms with Gasteiger partial charge < -0.3 is 10.2 Å². The Balaban J connectivity index is 2.61. The lowest BCUT2D eigenvalue weighted by Gasteiger charge is -2.28. The quantitative estimate of drug-likeness (QED) is 0.652. The van der Waals surface area contributed by atoms with Gasteiger partial charge in [-0.3, -0.25) is 10.1 Å². The first kappa shape index (κ1) is 14.2. The number of nitro groups is 1. The Morgan fingerprint density at radius 2 is 1.95 bits per heavy atom. The van der Waals surface area contributed by atoms with Gasteiger partial charge in [0.05, 0.1) is 0 Å². The molecule has 0 aliphatic heterocycles. The van der Waals surface area contributed by atoms with Gasteiger partial charge in [0, 0.05) is 16.0 Å². The van der Waals surface area contributed by atoms with E-state index in [0.29, 0.717) is 5.56 Å². The zero-order valence-electron chi connectivity index (χ0n) is 10.1. The summed E-state index contributed by atoms with van der Waals surface area (Å²) in [5.74, 6) is -1.77. The number of aliphatic hydroxyl groups is 1. The van der Waals surface area contributed by atoms with Crippen LogP contribution in [0.4, 0.5) is 0 Å². The molecule has 0 spiro atoms. The molecule has 20 heavy (non-hydrogen) atoms. The van der Waals surface area contributed by atoms with Crippen molar-refractivity contribution in [2.75, 3.05) is 0 Å². The number of aliphatic hydroxyl groups excluding tert-OH is 1. The van der Waals surface area contributed by atoms with Crippen LogP contribution < -0.4 is 0 Å². The summed E-state index contributed by atoms with van der Waals surface area (Å²) in [6.45, 7) is 0. The van der Waals surface area contributed by atoms with E-state index in [0.717, 1.165) is 6.08 Å². The average Bonchev–Trinajstić information content (AvgIpc) is 2.41. The molecule has 2 unspecified atom stereocenters. The number of hydrogen-bond donors (Lipinski definition) is 2. The topological polar surface area (TPSA) is 101 Å². The third-order valence-electron chi connectivity index (χ3n) is 3.11. The number of rotatable bonds is 3. The molecule has 0 amide bonds. The van der Waals surface area contributed by atoms with Gasteiger partial charge in [0.2, 0.25) is 0 Å². The Kier molecular flexibility index (Phi) is 3.61. The number of allylic oxidation sites excluding steroid dienone is 2. The third-order valence-corrected chi connectivity index (χ3v) is 3.33. The van der Waals surface area contributed by atoms with Crippen molar-refractivity contribution in [1.29, 1.82) is 0 Å². The van der Waals surface area contributed by atoms with Crippen molar-refractivity contribution in [3.63, 3.8) is 0 Å². The lowest BCUT2D eigenvalue weighted by molar-refractivity contribution is -0.549. The van der Waals surface area contributed by atoms with Gasteiger partial charge >= 0.3 is 11.5 Å². The zero-order chi connectivity index (χ0) is 14.9. The predicted octanol–water partition coefficient (Wildman–Crippen LogP) is 1.67. The van der Waals surface area contributed by atoms with Crippen molar-refractivity contribution in [3.05, 3.63) is 63.2 Å². The van der Waals surface area contributed by atoms with Crippen molar-refractivity contribution in [1.82, 2.24) is 0 Å². The van der Waals surface area contributed by atoms with Crippen LogP contribution in [0.2, 0.25) is 0 Å². The molecule has 104 valence electrons. The number of aliphatic carboxylic acids is 1. The van der Waals surface area contributed by atoms with E-state index in [1.807, 2.05) is 0 Å². The van der Waals surface area contributed by atoms with Crippen molar-refractivity contribution < 1.29 is 19.9 Å². The van der Waals surface area contributed by atoms with Crippen LogP contribution in [0.5, 0.6) is 0 Å². The number of benzene rings is 1. The summed E-state index contributed by atoms with van der Waals surface area (Å²) in [7, 11) is 0. The SMILES string of the molecule is O=C(O)C1([N+](=O)[O-])C=C(Cl)C=C(c2ccccc2)C1O. The van der Waals surface area contributed by atoms with Crippen molar-refractivity contribution >= 4 is 23.1 Å². The van der Waals surface area contributed by atoms with Gasteiger partial charge in [-0.2, -0.15) is 0 Å². The molecule has 2 atom stereocenters. The van der Waals surface area contributed by atoms with Gasteiger partial charge in [-0.05, 0) is 17.2 Å².